The van der Waals surface area contributed by atoms with Crippen LogP contribution in [0.5, 0.6) is 0 Å². The summed E-state index contributed by atoms with van der Waals surface area (Å²) in [5.41, 5.74) is 10.6. The largest absolute Gasteiger partial charge is 0.449 e. The summed E-state index contributed by atoms with van der Waals surface area (Å²) in [7, 11) is 0. The minimum Gasteiger partial charge on any atom is -0.449 e. The summed E-state index contributed by atoms with van der Waals surface area (Å²) in [4.78, 5) is 33.5. The molecule has 1 fully saturated rings. The van der Waals surface area contributed by atoms with E-state index >= 15 is 0 Å². The fraction of sp³-hybridized carbons (Fsp3) is 0.346. The lowest BCUT2D eigenvalue weighted by Crippen LogP contribution is -2.50. The summed E-state index contributed by atoms with van der Waals surface area (Å²) in [6.07, 6.45) is 0.464. The number of carbonyl (C=O) groups excluding carboxylic acids is 2. The molecule has 8 heteroatoms. The summed E-state index contributed by atoms with van der Waals surface area (Å²) in [5.74, 6) is -0.0872. The first-order valence-corrected chi connectivity index (χ1v) is 11.9. The van der Waals surface area contributed by atoms with Crippen LogP contribution in [0.1, 0.15) is 34.8 Å². The standard InChI is InChI=1S/C26H29ClN4O3/c1-3-14-34-26(33)31-12-10-30(11-13-31)25(32)20-8-9-21-22(15-20)29-24(17(2)23(21)27)19-6-4-18(16-28)5-7-19/h4-9,15H,3,10-14,16,28H2,1-2H3. The molecule has 34 heavy (non-hydrogen) atoms. The van der Waals surface area contributed by atoms with Gasteiger partial charge in [-0.1, -0.05) is 48.9 Å². The quantitative estimate of drug-likeness (QED) is 0.575. The van der Waals surface area contributed by atoms with E-state index in [0.29, 0.717) is 55.4 Å². The molecule has 1 aliphatic heterocycles. The zero-order valence-electron chi connectivity index (χ0n) is 19.5. The molecule has 0 aliphatic carbocycles. The number of carbonyl (C=O) groups is 2. The Morgan fingerprint density at radius 1 is 1.06 bits per heavy atom. The van der Waals surface area contributed by atoms with E-state index in [1.54, 1.807) is 21.9 Å². The van der Waals surface area contributed by atoms with Crippen molar-refractivity contribution in [3.63, 3.8) is 0 Å². The summed E-state index contributed by atoms with van der Waals surface area (Å²) in [6, 6.07) is 13.4. The Morgan fingerprint density at radius 2 is 1.74 bits per heavy atom. The molecule has 0 bridgehead atoms. The van der Waals surface area contributed by atoms with Gasteiger partial charge in [-0.25, -0.2) is 9.78 Å². The minimum atomic E-state index is -0.319. The van der Waals surface area contributed by atoms with Crippen molar-refractivity contribution in [2.24, 2.45) is 5.73 Å². The Kier molecular flexibility index (Phi) is 7.34. The topological polar surface area (TPSA) is 88.8 Å². The number of hydrogen-bond donors (Lipinski definition) is 1. The molecule has 0 unspecified atom stereocenters. The number of ether oxygens (including phenoxy) is 1. The minimum absolute atomic E-state index is 0.0872. The number of pyridine rings is 1. The molecule has 3 aromatic rings. The van der Waals surface area contributed by atoms with E-state index < -0.39 is 0 Å². The maximum atomic E-state index is 13.2. The summed E-state index contributed by atoms with van der Waals surface area (Å²) in [6.45, 7) is 6.61. The number of amides is 2. The van der Waals surface area contributed by atoms with Gasteiger partial charge in [0.15, 0.2) is 0 Å². The summed E-state index contributed by atoms with van der Waals surface area (Å²) in [5, 5.41) is 1.43. The second kappa shape index (κ2) is 10.4. The molecule has 2 N–H and O–H groups in total. The van der Waals surface area contributed by atoms with Gasteiger partial charge in [-0.05, 0) is 36.6 Å². The van der Waals surface area contributed by atoms with Gasteiger partial charge in [0, 0.05) is 49.2 Å². The van der Waals surface area contributed by atoms with E-state index in [1.165, 1.54) is 0 Å². The van der Waals surface area contributed by atoms with Crippen LogP contribution in [0.3, 0.4) is 0 Å². The fourth-order valence-electron chi connectivity index (χ4n) is 4.09. The number of benzene rings is 2. The predicted molar refractivity (Wildman–Crippen MR) is 134 cm³/mol. The van der Waals surface area contributed by atoms with Crippen LogP contribution in [-0.4, -0.2) is 59.6 Å². The number of halogens is 1. The van der Waals surface area contributed by atoms with Gasteiger partial charge in [-0.2, -0.15) is 0 Å². The molecule has 0 radical (unpaired) electrons. The Balaban J connectivity index is 1.56. The van der Waals surface area contributed by atoms with Crippen LogP contribution in [0.4, 0.5) is 4.79 Å². The Labute approximate surface area is 204 Å². The zero-order chi connectivity index (χ0) is 24.2. The van der Waals surface area contributed by atoms with E-state index in [9.17, 15) is 9.59 Å². The highest BCUT2D eigenvalue weighted by atomic mass is 35.5. The van der Waals surface area contributed by atoms with Gasteiger partial charge in [0.1, 0.15) is 0 Å². The molecular formula is C26H29ClN4O3. The molecule has 178 valence electrons. The predicted octanol–water partition coefficient (Wildman–Crippen LogP) is 4.63. The number of hydrogen-bond acceptors (Lipinski definition) is 5. The second-order valence-corrected chi connectivity index (χ2v) is 8.80. The Morgan fingerprint density at radius 3 is 2.38 bits per heavy atom. The van der Waals surface area contributed by atoms with Gasteiger partial charge in [0.05, 0.1) is 22.8 Å². The zero-order valence-corrected chi connectivity index (χ0v) is 20.3. The third-order valence-corrected chi connectivity index (χ3v) is 6.60. The first kappa shape index (κ1) is 24.0. The number of aromatic nitrogens is 1. The first-order chi connectivity index (χ1) is 16.4. The lowest BCUT2D eigenvalue weighted by atomic mass is 10.0. The Hall–Kier alpha value is -3.16. The van der Waals surface area contributed by atoms with Crippen molar-refractivity contribution in [1.82, 2.24) is 14.8 Å². The highest BCUT2D eigenvalue weighted by Crippen LogP contribution is 2.33. The van der Waals surface area contributed by atoms with Gasteiger partial charge < -0.3 is 20.3 Å². The Bertz CT molecular complexity index is 1200. The average Bonchev–Trinajstić information content (AvgIpc) is 2.88. The van der Waals surface area contributed by atoms with Crippen molar-refractivity contribution in [1.29, 1.82) is 0 Å². The number of nitrogens with two attached hydrogens (primary N) is 1. The van der Waals surface area contributed by atoms with Crippen molar-refractivity contribution >= 4 is 34.5 Å². The van der Waals surface area contributed by atoms with Gasteiger partial charge >= 0.3 is 6.09 Å². The van der Waals surface area contributed by atoms with Crippen LogP contribution in [0, 0.1) is 6.92 Å². The van der Waals surface area contributed by atoms with Gasteiger partial charge in [-0.15, -0.1) is 0 Å². The molecule has 7 nitrogen and oxygen atoms in total. The average molecular weight is 481 g/mol. The maximum absolute atomic E-state index is 13.2. The number of nitrogens with zero attached hydrogens (tertiary/aromatic N) is 3. The molecular weight excluding hydrogens is 452 g/mol. The lowest BCUT2D eigenvalue weighted by molar-refractivity contribution is 0.0560. The second-order valence-electron chi connectivity index (χ2n) is 8.43. The van der Waals surface area contributed by atoms with Crippen LogP contribution < -0.4 is 5.73 Å². The monoisotopic (exact) mass is 480 g/mol. The molecule has 1 saturated heterocycles. The van der Waals surface area contributed by atoms with Crippen LogP contribution >= 0.6 is 11.6 Å². The van der Waals surface area contributed by atoms with Gasteiger partial charge in [0.2, 0.25) is 0 Å². The highest BCUT2D eigenvalue weighted by molar-refractivity contribution is 6.36. The van der Waals surface area contributed by atoms with Crippen LogP contribution in [-0.2, 0) is 11.3 Å². The third kappa shape index (κ3) is 4.86. The molecule has 4 rings (SSSR count). The van der Waals surface area contributed by atoms with E-state index in [4.69, 9.17) is 27.1 Å². The SMILES string of the molecule is CCCOC(=O)N1CCN(C(=O)c2ccc3c(Cl)c(C)c(-c4ccc(CN)cc4)nc3c2)CC1. The van der Waals surface area contributed by atoms with Crippen molar-refractivity contribution in [3.05, 3.63) is 64.2 Å². The van der Waals surface area contributed by atoms with E-state index in [1.807, 2.05) is 44.2 Å². The van der Waals surface area contributed by atoms with Crippen molar-refractivity contribution < 1.29 is 14.3 Å². The molecule has 2 amide bonds. The maximum Gasteiger partial charge on any atom is 0.409 e. The third-order valence-electron chi connectivity index (χ3n) is 6.12. The molecule has 0 atom stereocenters. The van der Waals surface area contributed by atoms with E-state index in [2.05, 4.69) is 0 Å². The van der Waals surface area contributed by atoms with Crippen molar-refractivity contribution in [2.45, 2.75) is 26.8 Å². The van der Waals surface area contributed by atoms with Crippen molar-refractivity contribution in [2.75, 3.05) is 32.8 Å². The number of rotatable bonds is 5. The molecule has 0 saturated carbocycles. The van der Waals surface area contributed by atoms with E-state index in [-0.39, 0.29) is 12.0 Å². The van der Waals surface area contributed by atoms with E-state index in [0.717, 1.165) is 34.2 Å². The van der Waals surface area contributed by atoms with Crippen LogP contribution in [0.15, 0.2) is 42.5 Å². The fourth-order valence-corrected chi connectivity index (χ4v) is 4.34. The smallest absolute Gasteiger partial charge is 0.409 e. The first-order valence-electron chi connectivity index (χ1n) is 11.5. The number of fused-ring (bicyclic) bond motifs is 1. The molecule has 1 aliphatic rings. The summed E-state index contributed by atoms with van der Waals surface area (Å²) >= 11 is 6.70. The lowest BCUT2D eigenvalue weighted by Gasteiger charge is -2.34. The summed E-state index contributed by atoms with van der Waals surface area (Å²) < 4.78 is 5.20. The molecule has 2 heterocycles. The normalized spacial score (nSPS) is 13.9. The van der Waals surface area contributed by atoms with Crippen LogP contribution in [0.2, 0.25) is 5.02 Å². The molecule has 0 spiro atoms. The van der Waals surface area contributed by atoms with Crippen molar-refractivity contribution in [3.8, 4) is 11.3 Å². The van der Waals surface area contributed by atoms with Gasteiger partial charge in [0.25, 0.3) is 5.91 Å². The number of piperazine rings is 1. The van der Waals surface area contributed by atoms with Crippen LogP contribution in [0.25, 0.3) is 22.2 Å². The highest BCUT2D eigenvalue weighted by Gasteiger charge is 2.26. The molecule has 1 aromatic heterocycles. The molecule has 2 aromatic carbocycles. The van der Waals surface area contributed by atoms with Gasteiger partial charge in [-0.3, -0.25) is 4.79 Å².